The summed E-state index contributed by atoms with van der Waals surface area (Å²) in [5, 5.41) is 3.36. The van der Waals surface area contributed by atoms with Crippen molar-refractivity contribution in [2.75, 3.05) is 17.6 Å². The van der Waals surface area contributed by atoms with Gasteiger partial charge < -0.3 is 11.1 Å². The predicted octanol–water partition coefficient (Wildman–Crippen LogP) is 2.51. The minimum atomic E-state index is 0.317. The average Bonchev–Trinajstić information content (AvgIpc) is 2.15. The van der Waals surface area contributed by atoms with Crippen LogP contribution in [0.15, 0.2) is 18.3 Å². The molecule has 14 heavy (non-hydrogen) atoms. The van der Waals surface area contributed by atoms with Gasteiger partial charge in [0.15, 0.2) is 0 Å². The van der Waals surface area contributed by atoms with E-state index in [2.05, 4.69) is 31.1 Å². The number of pyridine rings is 1. The first-order valence-electron chi connectivity index (χ1n) is 4.99. The lowest BCUT2D eigenvalue weighted by molar-refractivity contribution is 0.377. The highest BCUT2D eigenvalue weighted by Gasteiger charge is 2.14. The van der Waals surface area contributed by atoms with Crippen molar-refractivity contribution in [3.05, 3.63) is 18.3 Å². The molecule has 78 valence electrons. The molecular formula is C11H19N3. The number of nitrogens with one attached hydrogen (secondary N) is 1. The smallest absolute Gasteiger partial charge is 0.125 e. The normalized spacial score (nSPS) is 11.4. The molecule has 0 fully saturated rings. The van der Waals surface area contributed by atoms with Gasteiger partial charge in [-0.05, 0) is 17.9 Å². The van der Waals surface area contributed by atoms with Crippen LogP contribution in [0.4, 0.5) is 11.5 Å². The molecule has 3 heteroatoms. The third-order valence-corrected chi connectivity index (χ3v) is 2.51. The Morgan fingerprint density at radius 2 is 2.21 bits per heavy atom. The van der Waals surface area contributed by atoms with Crippen LogP contribution >= 0.6 is 0 Å². The summed E-state index contributed by atoms with van der Waals surface area (Å²) in [5.41, 5.74) is 6.94. The topological polar surface area (TPSA) is 50.9 Å². The first kappa shape index (κ1) is 10.8. The van der Waals surface area contributed by atoms with Gasteiger partial charge in [-0.3, -0.25) is 0 Å². The molecule has 1 rings (SSSR count). The van der Waals surface area contributed by atoms with Crippen molar-refractivity contribution in [1.29, 1.82) is 0 Å². The maximum absolute atomic E-state index is 5.58. The van der Waals surface area contributed by atoms with Crippen molar-refractivity contribution in [1.82, 2.24) is 4.98 Å². The van der Waals surface area contributed by atoms with Crippen molar-refractivity contribution >= 4 is 11.5 Å². The molecule has 3 nitrogen and oxygen atoms in total. The van der Waals surface area contributed by atoms with E-state index in [4.69, 9.17) is 5.73 Å². The number of anilines is 2. The number of aromatic nitrogens is 1. The number of nitrogen functional groups attached to an aromatic ring is 1. The van der Waals surface area contributed by atoms with Crippen LogP contribution in [-0.4, -0.2) is 11.5 Å². The Hall–Kier alpha value is -1.25. The fourth-order valence-corrected chi connectivity index (χ4v) is 1.02. The monoisotopic (exact) mass is 193 g/mol. The van der Waals surface area contributed by atoms with Gasteiger partial charge in [0.05, 0.1) is 0 Å². The molecule has 0 bridgehead atoms. The van der Waals surface area contributed by atoms with Crippen LogP contribution in [0, 0.1) is 5.41 Å². The molecule has 0 aromatic carbocycles. The van der Waals surface area contributed by atoms with Crippen LogP contribution in [0.3, 0.4) is 0 Å². The van der Waals surface area contributed by atoms with Gasteiger partial charge in [0.25, 0.3) is 0 Å². The molecule has 0 aliphatic heterocycles. The van der Waals surface area contributed by atoms with Gasteiger partial charge in [0.1, 0.15) is 5.82 Å². The molecule has 0 radical (unpaired) electrons. The number of rotatable bonds is 4. The van der Waals surface area contributed by atoms with E-state index < -0.39 is 0 Å². The van der Waals surface area contributed by atoms with Gasteiger partial charge in [-0.2, -0.15) is 0 Å². The molecule has 0 spiro atoms. The van der Waals surface area contributed by atoms with Crippen molar-refractivity contribution in [3.63, 3.8) is 0 Å². The molecule has 1 heterocycles. The molecule has 0 unspecified atom stereocenters. The minimum Gasteiger partial charge on any atom is -0.384 e. The van der Waals surface area contributed by atoms with Crippen LogP contribution in [0.1, 0.15) is 27.2 Å². The first-order chi connectivity index (χ1) is 6.53. The van der Waals surface area contributed by atoms with Gasteiger partial charge >= 0.3 is 0 Å². The van der Waals surface area contributed by atoms with Crippen molar-refractivity contribution in [3.8, 4) is 0 Å². The van der Waals surface area contributed by atoms with Gasteiger partial charge in [0, 0.05) is 24.5 Å². The number of hydrogen-bond donors (Lipinski definition) is 2. The minimum absolute atomic E-state index is 0.317. The van der Waals surface area contributed by atoms with E-state index in [0.29, 0.717) is 11.2 Å². The van der Waals surface area contributed by atoms with Crippen molar-refractivity contribution in [2.24, 2.45) is 5.41 Å². The third kappa shape index (κ3) is 3.24. The van der Waals surface area contributed by atoms with E-state index in [1.54, 1.807) is 6.20 Å². The number of nitrogens with zero attached hydrogens (tertiary/aromatic N) is 1. The van der Waals surface area contributed by atoms with Crippen LogP contribution in [0.2, 0.25) is 0 Å². The Morgan fingerprint density at radius 3 is 2.79 bits per heavy atom. The Morgan fingerprint density at radius 1 is 1.50 bits per heavy atom. The van der Waals surface area contributed by atoms with Gasteiger partial charge in [-0.25, -0.2) is 4.98 Å². The second-order valence-electron chi connectivity index (χ2n) is 4.34. The second kappa shape index (κ2) is 4.31. The fraction of sp³-hybridized carbons (Fsp3) is 0.545. The van der Waals surface area contributed by atoms with E-state index in [1.165, 1.54) is 0 Å². The van der Waals surface area contributed by atoms with E-state index in [0.717, 1.165) is 18.7 Å². The van der Waals surface area contributed by atoms with Crippen LogP contribution in [0.5, 0.6) is 0 Å². The van der Waals surface area contributed by atoms with Crippen LogP contribution in [0.25, 0.3) is 0 Å². The molecule has 0 saturated heterocycles. The van der Waals surface area contributed by atoms with Gasteiger partial charge in [0.2, 0.25) is 0 Å². The summed E-state index contributed by atoms with van der Waals surface area (Å²) in [6, 6.07) is 3.79. The maximum atomic E-state index is 5.58. The van der Waals surface area contributed by atoms with Crippen LogP contribution < -0.4 is 11.1 Å². The Kier molecular flexibility index (Phi) is 3.33. The summed E-state index contributed by atoms with van der Waals surface area (Å²) in [6.45, 7) is 7.63. The molecule has 0 aliphatic carbocycles. The molecule has 3 N–H and O–H groups in total. The highest BCUT2D eigenvalue weighted by atomic mass is 14.9. The van der Waals surface area contributed by atoms with Crippen LogP contribution in [-0.2, 0) is 0 Å². The molecule has 1 aromatic rings. The summed E-state index contributed by atoms with van der Waals surface area (Å²) in [6.07, 6.45) is 2.87. The predicted molar refractivity (Wildman–Crippen MR) is 61.2 cm³/mol. The molecule has 0 saturated carbocycles. The highest BCUT2D eigenvalue weighted by Crippen LogP contribution is 2.20. The lowest BCUT2D eigenvalue weighted by atomic mass is 9.90. The zero-order valence-corrected chi connectivity index (χ0v) is 9.17. The lowest BCUT2D eigenvalue weighted by Gasteiger charge is -2.23. The molecule has 1 aromatic heterocycles. The standard InChI is InChI=1S/C11H19N3/c1-4-11(2,3)8-14-9-5-6-13-10(12)7-9/h5-7H,4,8H2,1-3H3,(H3,12,13,14). The summed E-state index contributed by atoms with van der Waals surface area (Å²) < 4.78 is 0. The quantitative estimate of drug-likeness (QED) is 0.772. The lowest BCUT2D eigenvalue weighted by Crippen LogP contribution is -2.22. The maximum Gasteiger partial charge on any atom is 0.125 e. The summed E-state index contributed by atoms with van der Waals surface area (Å²) in [5.74, 6) is 0.560. The zero-order chi connectivity index (χ0) is 10.6. The summed E-state index contributed by atoms with van der Waals surface area (Å²) in [4.78, 5) is 3.94. The largest absolute Gasteiger partial charge is 0.384 e. The third-order valence-electron chi connectivity index (χ3n) is 2.51. The van der Waals surface area contributed by atoms with E-state index in [9.17, 15) is 0 Å². The van der Waals surface area contributed by atoms with Crippen molar-refractivity contribution in [2.45, 2.75) is 27.2 Å². The summed E-state index contributed by atoms with van der Waals surface area (Å²) in [7, 11) is 0. The van der Waals surface area contributed by atoms with E-state index >= 15 is 0 Å². The SMILES string of the molecule is CCC(C)(C)CNc1ccnc(N)c1. The fourth-order valence-electron chi connectivity index (χ4n) is 1.02. The number of nitrogens with two attached hydrogens (primary N) is 1. The molecule has 0 aliphatic rings. The van der Waals surface area contributed by atoms with Crippen molar-refractivity contribution < 1.29 is 0 Å². The van der Waals surface area contributed by atoms with Gasteiger partial charge in [-0.15, -0.1) is 0 Å². The highest BCUT2D eigenvalue weighted by molar-refractivity contribution is 5.49. The molecule has 0 amide bonds. The average molecular weight is 193 g/mol. The summed E-state index contributed by atoms with van der Waals surface area (Å²) >= 11 is 0. The molecular weight excluding hydrogens is 174 g/mol. The second-order valence-corrected chi connectivity index (χ2v) is 4.34. The number of hydrogen-bond acceptors (Lipinski definition) is 3. The Balaban J connectivity index is 2.54. The Bertz CT molecular complexity index is 294. The van der Waals surface area contributed by atoms with Gasteiger partial charge in [-0.1, -0.05) is 20.8 Å². The van der Waals surface area contributed by atoms with E-state index in [1.807, 2.05) is 12.1 Å². The first-order valence-corrected chi connectivity index (χ1v) is 4.99. The molecule has 0 atom stereocenters. The Labute approximate surface area is 85.7 Å². The van der Waals surface area contributed by atoms with E-state index in [-0.39, 0.29) is 0 Å². The zero-order valence-electron chi connectivity index (χ0n) is 9.17.